The molecule has 0 aromatic rings. The number of nitrogens with one attached hydrogen (secondary N) is 3. The average Bonchev–Trinajstić information content (AvgIpc) is 3.05. The molecule has 7 heteroatoms. The molecule has 2 amide bonds. The van der Waals surface area contributed by atoms with E-state index in [9.17, 15) is 14.4 Å². The van der Waals surface area contributed by atoms with Gasteiger partial charge in [0.15, 0.2) is 0 Å². The molecule has 0 saturated carbocycles. The van der Waals surface area contributed by atoms with Crippen LogP contribution in [0.5, 0.6) is 0 Å². The fraction of sp³-hybridized carbons (Fsp3) is 0.857. The molecule has 0 spiro atoms. The number of ether oxygens (including phenoxy) is 1. The highest BCUT2D eigenvalue weighted by molar-refractivity contribution is 5.92. The van der Waals surface area contributed by atoms with Crippen molar-refractivity contribution in [3.05, 3.63) is 0 Å². The summed E-state index contributed by atoms with van der Waals surface area (Å²) < 4.78 is 5.47. The number of hydrogen-bond donors (Lipinski definition) is 3. The van der Waals surface area contributed by atoms with Crippen LogP contribution in [-0.2, 0) is 19.1 Å². The van der Waals surface area contributed by atoms with Gasteiger partial charge in [-0.3, -0.25) is 9.59 Å². The van der Waals surface area contributed by atoms with Crippen LogP contribution in [0.3, 0.4) is 0 Å². The molecular weight excluding hydrogens is 358 g/mol. The Morgan fingerprint density at radius 1 is 1.00 bits per heavy atom. The predicted octanol–water partition coefficient (Wildman–Crippen LogP) is 2.14. The van der Waals surface area contributed by atoms with E-state index in [0.717, 1.165) is 19.4 Å². The van der Waals surface area contributed by atoms with Gasteiger partial charge in [-0.05, 0) is 64.8 Å². The van der Waals surface area contributed by atoms with Crippen LogP contribution >= 0.6 is 0 Å². The van der Waals surface area contributed by atoms with Crippen molar-refractivity contribution in [1.82, 2.24) is 16.0 Å². The first kappa shape index (κ1) is 24.4. The van der Waals surface area contributed by atoms with Gasteiger partial charge >= 0.3 is 5.97 Å². The standard InChI is InChI=1S/C21H39N3O4/c1-13(2)11-16(23-18(25)15-9-8-10-22-15)19(26)24-17(12-14(3)4)20(27)28-21(5,6)7/h13-17,22H,8-12H2,1-7H3,(H,23,25)(H,24,26)/t15-,16+,17+/m0/s1. The molecule has 0 aromatic heterocycles. The summed E-state index contributed by atoms with van der Waals surface area (Å²) in [6.07, 6.45) is 2.71. The molecule has 0 radical (unpaired) electrons. The molecule has 0 aromatic carbocycles. The van der Waals surface area contributed by atoms with Crippen molar-refractivity contribution >= 4 is 17.8 Å². The molecule has 0 aliphatic carbocycles. The average molecular weight is 398 g/mol. The van der Waals surface area contributed by atoms with Crippen LogP contribution in [0.4, 0.5) is 0 Å². The van der Waals surface area contributed by atoms with Crippen molar-refractivity contribution in [1.29, 1.82) is 0 Å². The largest absolute Gasteiger partial charge is 0.458 e. The van der Waals surface area contributed by atoms with E-state index in [1.807, 2.05) is 27.7 Å². The van der Waals surface area contributed by atoms with Crippen molar-refractivity contribution in [2.45, 2.75) is 97.9 Å². The Balaban J connectivity index is 2.84. The third-order valence-corrected chi connectivity index (χ3v) is 4.43. The summed E-state index contributed by atoms with van der Waals surface area (Å²) in [5.41, 5.74) is -0.628. The Bertz CT molecular complexity index is 534. The van der Waals surface area contributed by atoms with Crippen molar-refractivity contribution in [3.8, 4) is 0 Å². The number of amides is 2. The molecule has 28 heavy (non-hydrogen) atoms. The van der Waals surface area contributed by atoms with E-state index in [1.54, 1.807) is 20.8 Å². The zero-order valence-electron chi connectivity index (χ0n) is 18.6. The third kappa shape index (κ3) is 9.04. The van der Waals surface area contributed by atoms with Gasteiger partial charge in [-0.2, -0.15) is 0 Å². The Labute approximate surface area is 169 Å². The van der Waals surface area contributed by atoms with Crippen molar-refractivity contribution in [3.63, 3.8) is 0 Å². The zero-order chi connectivity index (χ0) is 21.5. The maximum atomic E-state index is 12.9. The van der Waals surface area contributed by atoms with E-state index in [1.165, 1.54) is 0 Å². The second-order valence-corrected chi connectivity index (χ2v) is 9.56. The minimum Gasteiger partial charge on any atom is -0.458 e. The lowest BCUT2D eigenvalue weighted by atomic mass is 10.00. The van der Waals surface area contributed by atoms with Gasteiger partial charge in [-0.15, -0.1) is 0 Å². The number of carbonyl (C=O) groups is 3. The molecule has 1 fully saturated rings. The van der Waals surface area contributed by atoms with Gasteiger partial charge in [0.1, 0.15) is 17.7 Å². The van der Waals surface area contributed by atoms with E-state index >= 15 is 0 Å². The molecule has 7 nitrogen and oxygen atoms in total. The summed E-state index contributed by atoms with van der Waals surface area (Å²) in [5, 5.41) is 8.84. The van der Waals surface area contributed by atoms with Gasteiger partial charge in [-0.25, -0.2) is 4.79 Å². The van der Waals surface area contributed by atoms with Gasteiger partial charge in [0.25, 0.3) is 0 Å². The normalized spacial score (nSPS) is 19.4. The van der Waals surface area contributed by atoms with Gasteiger partial charge in [-0.1, -0.05) is 27.7 Å². The van der Waals surface area contributed by atoms with Crippen molar-refractivity contribution < 1.29 is 19.1 Å². The Morgan fingerprint density at radius 3 is 2.04 bits per heavy atom. The molecule has 1 saturated heterocycles. The highest BCUT2D eigenvalue weighted by Gasteiger charge is 2.32. The lowest BCUT2D eigenvalue weighted by molar-refractivity contribution is -0.159. The second kappa shape index (κ2) is 10.8. The highest BCUT2D eigenvalue weighted by Crippen LogP contribution is 2.14. The maximum Gasteiger partial charge on any atom is 0.329 e. The van der Waals surface area contributed by atoms with Crippen LogP contribution in [0.1, 0.15) is 74.1 Å². The van der Waals surface area contributed by atoms with Crippen LogP contribution in [0.15, 0.2) is 0 Å². The van der Waals surface area contributed by atoms with Gasteiger partial charge in [0, 0.05) is 0 Å². The monoisotopic (exact) mass is 397 g/mol. The van der Waals surface area contributed by atoms with Crippen LogP contribution < -0.4 is 16.0 Å². The van der Waals surface area contributed by atoms with E-state index < -0.39 is 23.7 Å². The topological polar surface area (TPSA) is 96.5 Å². The molecule has 0 bridgehead atoms. The number of rotatable bonds is 9. The zero-order valence-corrected chi connectivity index (χ0v) is 18.6. The van der Waals surface area contributed by atoms with Gasteiger partial charge in [0.05, 0.1) is 6.04 Å². The minimum absolute atomic E-state index is 0.157. The molecule has 0 unspecified atom stereocenters. The van der Waals surface area contributed by atoms with Crippen LogP contribution in [0, 0.1) is 11.8 Å². The maximum absolute atomic E-state index is 12.9. The van der Waals surface area contributed by atoms with E-state index in [-0.39, 0.29) is 29.7 Å². The van der Waals surface area contributed by atoms with E-state index in [0.29, 0.717) is 12.8 Å². The summed E-state index contributed by atoms with van der Waals surface area (Å²) in [4.78, 5) is 38.0. The van der Waals surface area contributed by atoms with Crippen LogP contribution in [0.2, 0.25) is 0 Å². The van der Waals surface area contributed by atoms with Gasteiger partial charge < -0.3 is 20.7 Å². The molecule has 1 heterocycles. The van der Waals surface area contributed by atoms with Crippen molar-refractivity contribution in [2.75, 3.05) is 6.54 Å². The summed E-state index contributed by atoms with van der Waals surface area (Å²) in [7, 11) is 0. The number of carbonyl (C=O) groups excluding carboxylic acids is 3. The number of esters is 1. The fourth-order valence-corrected chi connectivity index (χ4v) is 3.21. The molecule has 3 N–H and O–H groups in total. The van der Waals surface area contributed by atoms with Crippen molar-refractivity contribution in [2.24, 2.45) is 11.8 Å². The van der Waals surface area contributed by atoms with E-state index in [2.05, 4.69) is 16.0 Å². The molecule has 1 rings (SSSR count). The second-order valence-electron chi connectivity index (χ2n) is 9.56. The minimum atomic E-state index is -0.733. The summed E-state index contributed by atoms with van der Waals surface area (Å²) >= 11 is 0. The SMILES string of the molecule is CC(C)C[C@@H](NC(=O)[C@@H]1CCCN1)C(=O)N[C@H](CC(C)C)C(=O)OC(C)(C)C. The molecule has 162 valence electrons. The fourth-order valence-electron chi connectivity index (χ4n) is 3.21. The quantitative estimate of drug-likeness (QED) is 0.518. The van der Waals surface area contributed by atoms with Crippen LogP contribution in [0.25, 0.3) is 0 Å². The molecular formula is C21H39N3O4. The molecule has 1 aliphatic rings. The predicted molar refractivity (Wildman–Crippen MR) is 110 cm³/mol. The first-order chi connectivity index (χ1) is 12.9. The first-order valence-corrected chi connectivity index (χ1v) is 10.5. The Morgan fingerprint density at radius 2 is 1.57 bits per heavy atom. The third-order valence-electron chi connectivity index (χ3n) is 4.43. The summed E-state index contributed by atoms with van der Waals surface area (Å²) in [6, 6.07) is -1.66. The van der Waals surface area contributed by atoms with Gasteiger partial charge in [0.2, 0.25) is 11.8 Å². The summed E-state index contributed by atoms with van der Waals surface area (Å²) in [5.74, 6) is -0.509. The Hall–Kier alpha value is -1.63. The molecule has 3 atom stereocenters. The first-order valence-electron chi connectivity index (χ1n) is 10.5. The summed E-state index contributed by atoms with van der Waals surface area (Å²) in [6.45, 7) is 14.2. The molecule has 1 aliphatic heterocycles. The Kier molecular flexibility index (Phi) is 9.40. The lowest BCUT2D eigenvalue weighted by Crippen LogP contribution is -2.55. The van der Waals surface area contributed by atoms with Crippen LogP contribution in [-0.4, -0.2) is 48.1 Å². The smallest absolute Gasteiger partial charge is 0.329 e. The highest BCUT2D eigenvalue weighted by atomic mass is 16.6. The van der Waals surface area contributed by atoms with E-state index in [4.69, 9.17) is 4.74 Å². The number of hydrogen-bond acceptors (Lipinski definition) is 5. The lowest BCUT2D eigenvalue weighted by Gasteiger charge is -2.28.